The molecule has 152 valence electrons. The van der Waals surface area contributed by atoms with Gasteiger partial charge in [-0.05, 0) is 66.6 Å². The van der Waals surface area contributed by atoms with E-state index in [0.29, 0.717) is 35.5 Å². The SMILES string of the molecule is C=C1CC2=CC3CC3=C2C2C=C(C3CC(C)C4=C3CC(COC)C=C4)C[C@H](C)C12. The standard InChI is InChI=1S/C28H34O/c1-15-9-23(25-10-18(14-29-4)5-6-22(15)25)19-7-16(2)27-17(3)8-21-11-20-12-24(20)28(21)26(27)13-19/h5-6,11,13,15-16,18,20,23,26-27H,3,7-10,12,14H2,1-2,4H3/t15?,16-,18?,20?,23?,26?,27?/m0/s1. The number of hydrogen-bond donors (Lipinski definition) is 0. The van der Waals surface area contributed by atoms with Crippen LogP contribution < -0.4 is 0 Å². The second kappa shape index (κ2) is 6.45. The van der Waals surface area contributed by atoms with E-state index in [4.69, 9.17) is 4.74 Å². The van der Waals surface area contributed by atoms with Crippen LogP contribution in [0.2, 0.25) is 0 Å². The maximum atomic E-state index is 5.49. The second-order valence-corrected chi connectivity index (χ2v) is 10.7. The Hall–Kier alpha value is -1.60. The van der Waals surface area contributed by atoms with Gasteiger partial charge in [-0.15, -0.1) is 0 Å². The van der Waals surface area contributed by atoms with Crippen molar-refractivity contribution < 1.29 is 4.74 Å². The molecule has 0 spiro atoms. The number of rotatable bonds is 3. The number of hydrogen-bond acceptors (Lipinski definition) is 1. The lowest BCUT2D eigenvalue weighted by molar-refractivity contribution is 0.168. The van der Waals surface area contributed by atoms with Crippen LogP contribution in [0.25, 0.3) is 0 Å². The van der Waals surface area contributed by atoms with Crippen molar-refractivity contribution in [2.75, 3.05) is 13.7 Å². The Kier molecular flexibility index (Phi) is 4.04. The van der Waals surface area contributed by atoms with Gasteiger partial charge in [0.2, 0.25) is 0 Å². The lowest BCUT2D eigenvalue weighted by atomic mass is 9.60. The third-order valence-electron chi connectivity index (χ3n) is 8.77. The molecule has 0 radical (unpaired) electrons. The van der Waals surface area contributed by atoms with E-state index in [1.165, 1.54) is 31.3 Å². The highest BCUT2D eigenvalue weighted by Crippen LogP contribution is 2.61. The van der Waals surface area contributed by atoms with Crippen molar-refractivity contribution in [2.24, 2.45) is 41.4 Å². The van der Waals surface area contributed by atoms with Crippen molar-refractivity contribution >= 4 is 0 Å². The van der Waals surface area contributed by atoms with Crippen molar-refractivity contribution in [1.82, 2.24) is 0 Å². The molecule has 0 aromatic carbocycles. The van der Waals surface area contributed by atoms with E-state index in [9.17, 15) is 0 Å². The summed E-state index contributed by atoms with van der Waals surface area (Å²) in [6.07, 6.45) is 16.4. The maximum Gasteiger partial charge on any atom is 0.0528 e. The van der Waals surface area contributed by atoms with Gasteiger partial charge in [0.1, 0.15) is 0 Å². The van der Waals surface area contributed by atoms with Crippen molar-refractivity contribution in [3.63, 3.8) is 0 Å². The monoisotopic (exact) mass is 386 g/mol. The fourth-order valence-corrected chi connectivity index (χ4v) is 7.53. The number of ether oxygens (including phenoxy) is 1. The molecule has 2 saturated carbocycles. The predicted octanol–water partition coefficient (Wildman–Crippen LogP) is 6.58. The van der Waals surface area contributed by atoms with Crippen LogP contribution in [0, 0.1) is 41.4 Å². The molecule has 0 saturated heterocycles. The Morgan fingerprint density at radius 1 is 1.10 bits per heavy atom. The largest absolute Gasteiger partial charge is 0.384 e. The van der Waals surface area contributed by atoms with Crippen LogP contribution in [-0.4, -0.2) is 13.7 Å². The van der Waals surface area contributed by atoms with E-state index in [2.05, 4.69) is 44.7 Å². The fraction of sp³-hybridized carbons (Fsp3) is 0.571. The number of methoxy groups -OCH3 is 1. The quantitative estimate of drug-likeness (QED) is 0.498. The van der Waals surface area contributed by atoms with Gasteiger partial charge in [0, 0.05) is 30.8 Å². The molecule has 7 atom stereocenters. The van der Waals surface area contributed by atoms with Crippen LogP contribution in [0.1, 0.15) is 46.0 Å². The second-order valence-electron chi connectivity index (χ2n) is 10.7. The molecule has 1 nitrogen and oxygen atoms in total. The molecule has 0 bridgehead atoms. The molecule has 0 heterocycles. The molecule has 1 heteroatoms. The lowest BCUT2D eigenvalue weighted by Crippen LogP contribution is -2.33. The third kappa shape index (κ3) is 2.69. The van der Waals surface area contributed by atoms with Gasteiger partial charge in [-0.25, -0.2) is 0 Å². The third-order valence-corrected chi connectivity index (χ3v) is 8.77. The highest BCUT2D eigenvalue weighted by atomic mass is 16.5. The van der Waals surface area contributed by atoms with E-state index in [-0.39, 0.29) is 0 Å². The molecular weight excluding hydrogens is 352 g/mol. The molecule has 0 aromatic heterocycles. The van der Waals surface area contributed by atoms with Gasteiger partial charge < -0.3 is 4.74 Å². The minimum Gasteiger partial charge on any atom is -0.384 e. The summed E-state index contributed by atoms with van der Waals surface area (Å²) in [4.78, 5) is 0. The normalized spacial score (nSPS) is 42.3. The van der Waals surface area contributed by atoms with Gasteiger partial charge in [-0.2, -0.15) is 0 Å². The molecule has 29 heavy (non-hydrogen) atoms. The van der Waals surface area contributed by atoms with Crippen molar-refractivity contribution in [3.8, 4) is 0 Å². The Morgan fingerprint density at radius 3 is 2.79 bits per heavy atom. The van der Waals surface area contributed by atoms with E-state index in [1.807, 2.05) is 7.11 Å². The Labute approximate surface area is 176 Å². The van der Waals surface area contributed by atoms with E-state index >= 15 is 0 Å². The first-order valence-corrected chi connectivity index (χ1v) is 11.8. The van der Waals surface area contributed by atoms with Crippen LogP contribution in [0.15, 0.2) is 69.9 Å². The summed E-state index contributed by atoms with van der Waals surface area (Å²) in [5, 5.41) is 0. The van der Waals surface area contributed by atoms with Crippen molar-refractivity contribution in [1.29, 1.82) is 0 Å². The molecule has 0 aromatic rings. The molecule has 0 N–H and O–H groups in total. The van der Waals surface area contributed by atoms with Gasteiger partial charge in [0.25, 0.3) is 0 Å². The summed E-state index contributed by atoms with van der Waals surface area (Å²) >= 11 is 0. The zero-order valence-electron chi connectivity index (χ0n) is 18.2. The number of allylic oxidation sites excluding steroid dienone is 10. The van der Waals surface area contributed by atoms with E-state index in [0.717, 1.165) is 18.9 Å². The summed E-state index contributed by atoms with van der Waals surface area (Å²) in [6.45, 7) is 10.3. The Morgan fingerprint density at radius 2 is 1.97 bits per heavy atom. The van der Waals surface area contributed by atoms with Crippen molar-refractivity contribution in [3.05, 3.63) is 69.9 Å². The fourth-order valence-electron chi connectivity index (χ4n) is 7.53. The summed E-state index contributed by atoms with van der Waals surface area (Å²) in [5.41, 5.74) is 11.8. The summed E-state index contributed by atoms with van der Waals surface area (Å²) in [7, 11) is 1.83. The molecular formula is C28H34O. The first kappa shape index (κ1) is 18.2. The average molecular weight is 387 g/mol. The molecule has 0 amide bonds. The summed E-state index contributed by atoms with van der Waals surface area (Å²) in [5.74, 6) is 4.69. The summed E-state index contributed by atoms with van der Waals surface area (Å²) < 4.78 is 5.49. The topological polar surface area (TPSA) is 9.23 Å². The first-order chi connectivity index (χ1) is 14.0. The first-order valence-electron chi connectivity index (χ1n) is 11.8. The number of fused-ring (bicyclic) bond motifs is 4. The average Bonchev–Trinajstić information content (AvgIpc) is 3.23. The van der Waals surface area contributed by atoms with Gasteiger partial charge in [0.15, 0.2) is 0 Å². The molecule has 6 rings (SSSR count). The van der Waals surface area contributed by atoms with Gasteiger partial charge >= 0.3 is 0 Å². The Bertz CT molecular complexity index is 935. The molecule has 6 aliphatic rings. The predicted molar refractivity (Wildman–Crippen MR) is 119 cm³/mol. The minimum atomic E-state index is 0.553. The van der Waals surface area contributed by atoms with Crippen LogP contribution in [0.4, 0.5) is 0 Å². The highest BCUT2D eigenvalue weighted by Gasteiger charge is 2.48. The minimum absolute atomic E-state index is 0.553. The van der Waals surface area contributed by atoms with Crippen LogP contribution in [0.3, 0.4) is 0 Å². The lowest BCUT2D eigenvalue weighted by Gasteiger charge is -2.44. The van der Waals surface area contributed by atoms with Gasteiger partial charge in [-0.1, -0.05) is 67.0 Å². The van der Waals surface area contributed by atoms with Gasteiger partial charge in [0.05, 0.1) is 6.61 Å². The molecule has 6 unspecified atom stereocenters. The van der Waals surface area contributed by atoms with E-state index in [1.54, 1.807) is 33.4 Å². The highest BCUT2D eigenvalue weighted by molar-refractivity contribution is 5.60. The molecule has 6 aliphatic carbocycles. The summed E-state index contributed by atoms with van der Waals surface area (Å²) in [6, 6.07) is 0. The van der Waals surface area contributed by atoms with Gasteiger partial charge in [-0.3, -0.25) is 0 Å². The van der Waals surface area contributed by atoms with Crippen LogP contribution in [0.5, 0.6) is 0 Å². The van der Waals surface area contributed by atoms with E-state index < -0.39 is 0 Å². The molecule has 2 fully saturated rings. The van der Waals surface area contributed by atoms with Crippen molar-refractivity contribution in [2.45, 2.75) is 46.0 Å². The zero-order valence-corrected chi connectivity index (χ0v) is 18.2. The van der Waals surface area contributed by atoms with Crippen LogP contribution >= 0.6 is 0 Å². The smallest absolute Gasteiger partial charge is 0.0528 e. The zero-order chi connectivity index (χ0) is 19.9. The molecule has 0 aliphatic heterocycles. The van der Waals surface area contributed by atoms with Crippen LogP contribution in [-0.2, 0) is 4.74 Å². The Balaban J connectivity index is 1.37. The maximum absolute atomic E-state index is 5.49.